The summed E-state index contributed by atoms with van der Waals surface area (Å²) in [6.45, 7) is 0.254. The molecule has 3 aliphatic rings. The molecule has 1 aliphatic carbocycles. The van der Waals surface area contributed by atoms with E-state index < -0.39 is 23.7 Å². The summed E-state index contributed by atoms with van der Waals surface area (Å²) in [4.78, 5) is 37.6. The van der Waals surface area contributed by atoms with E-state index in [2.05, 4.69) is 5.32 Å². The fourth-order valence-electron chi connectivity index (χ4n) is 4.27. The molecule has 4 rings (SSSR count). The smallest absolute Gasteiger partial charge is 0.258 e. The molecule has 3 amide bonds. The summed E-state index contributed by atoms with van der Waals surface area (Å²) in [5, 5.41) is 2.27. The van der Waals surface area contributed by atoms with Crippen molar-refractivity contribution in [2.75, 3.05) is 0 Å². The highest BCUT2D eigenvalue weighted by molar-refractivity contribution is 6.05. The van der Waals surface area contributed by atoms with E-state index in [4.69, 9.17) is 0 Å². The second-order valence-corrected chi connectivity index (χ2v) is 6.87. The first-order chi connectivity index (χ1) is 11.6. The highest BCUT2D eigenvalue weighted by Gasteiger charge is 2.42. The molecule has 126 valence electrons. The molecule has 24 heavy (non-hydrogen) atoms. The number of rotatable bonds is 2. The Labute approximate surface area is 139 Å². The first kappa shape index (κ1) is 15.3. The van der Waals surface area contributed by atoms with Gasteiger partial charge in [-0.25, -0.2) is 4.39 Å². The summed E-state index contributed by atoms with van der Waals surface area (Å²) in [6, 6.07) is 2.47. The largest absolute Gasteiger partial charge is 0.322 e. The summed E-state index contributed by atoms with van der Waals surface area (Å²) < 4.78 is 14.3. The second kappa shape index (κ2) is 5.69. The molecule has 1 saturated carbocycles. The number of piperidine rings is 1. The van der Waals surface area contributed by atoms with Gasteiger partial charge in [0.05, 0.1) is 5.56 Å². The molecule has 0 bridgehead atoms. The predicted octanol–water partition coefficient (Wildman–Crippen LogP) is 2.24. The Bertz CT molecular complexity index is 740. The van der Waals surface area contributed by atoms with Gasteiger partial charge in [-0.1, -0.05) is 18.9 Å². The molecule has 1 N–H and O–H groups in total. The van der Waals surface area contributed by atoms with Gasteiger partial charge in [-0.05, 0) is 42.4 Å². The van der Waals surface area contributed by atoms with E-state index in [0.717, 1.165) is 36.8 Å². The minimum absolute atomic E-state index is 0.115. The lowest BCUT2D eigenvalue weighted by atomic mass is 9.91. The van der Waals surface area contributed by atoms with Gasteiger partial charge < -0.3 is 4.90 Å². The first-order valence-corrected chi connectivity index (χ1v) is 8.52. The summed E-state index contributed by atoms with van der Waals surface area (Å²) >= 11 is 0. The summed E-state index contributed by atoms with van der Waals surface area (Å²) in [5.74, 6) is -1.37. The van der Waals surface area contributed by atoms with Crippen LogP contribution in [-0.4, -0.2) is 28.7 Å². The molecule has 0 radical (unpaired) electrons. The van der Waals surface area contributed by atoms with Crippen molar-refractivity contribution in [3.63, 3.8) is 0 Å². The van der Waals surface area contributed by atoms with Crippen molar-refractivity contribution in [3.8, 4) is 0 Å². The van der Waals surface area contributed by atoms with E-state index >= 15 is 0 Å². The molecule has 1 aromatic rings. The maximum absolute atomic E-state index is 14.3. The van der Waals surface area contributed by atoms with E-state index in [-0.39, 0.29) is 24.4 Å². The van der Waals surface area contributed by atoms with E-state index in [9.17, 15) is 18.8 Å². The normalized spacial score (nSPS) is 24.5. The topological polar surface area (TPSA) is 66.5 Å². The number of nitrogens with zero attached hydrogens (tertiary/aromatic N) is 1. The summed E-state index contributed by atoms with van der Waals surface area (Å²) in [7, 11) is 0. The van der Waals surface area contributed by atoms with Gasteiger partial charge in [-0.3, -0.25) is 19.7 Å². The molecule has 1 saturated heterocycles. The monoisotopic (exact) mass is 330 g/mol. The van der Waals surface area contributed by atoms with Crippen molar-refractivity contribution in [1.82, 2.24) is 10.2 Å². The standard InChI is InChI=1S/C18H19FN2O3/c19-13-6-5-11(10-3-1-2-4-10)12-9-21(18(24)16(12)13)14-7-8-15(22)20-17(14)23/h5-6,10,14H,1-4,7-9H2,(H,20,22,23). The summed E-state index contributed by atoms with van der Waals surface area (Å²) in [5.41, 5.74) is 1.90. The SMILES string of the molecule is O=C1CCC(N2Cc3c(C4CCCC4)ccc(F)c3C2=O)C(=O)N1. The molecule has 2 heterocycles. The van der Waals surface area contributed by atoms with Crippen molar-refractivity contribution in [3.05, 3.63) is 34.6 Å². The lowest BCUT2D eigenvalue weighted by Crippen LogP contribution is -2.52. The fourth-order valence-corrected chi connectivity index (χ4v) is 4.27. The Morgan fingerprint density at radius 2 is 1.83 bits per heavy atom. The van der Waals surface area contributed by atoms with Gasteiger partial charge in [-0.15, -0.1) is 0 Å². The van der Waals surface area contributed by atoms with Crippen molar-refractivity contribution in [2.45, 2.75) is 57.0 Å². The molecule has 1 aromatic carbocycles. The quantitative estimate of drug-likeness (QED) is 0.846. The highest BCUT2D eigenvalue weighted by atomic mass is 19.1. The van der Waals surface area contributed by atoms with Crippen LogP contribution in [0, 0.1) is 5.82 Å². The summed E-state index contributed by atoms with van der Waals surface area (Å²) in [6.07, 6.45) is 4.93. The van der Waals surface area contributed by atoms with Gasteiger partial charge >= 0.3 is 0 Å². The van der Waals surface area contributed by atoms with Gasteiger partial charge in [0.25, 0.3) is 5.91 Å². The third kappa shape index (κ3) is 2.32. The average Bonchev–Trinajstić information content (AvgIpc) is 3.17. The Balaban J connectivity index is 1.68. The molecule has 5 nitrogen and oxygen atoms in total. The number of fused-ring (bicyclic) bond motifs is 1. The molecule has 2 fully saturated rings. The maximum atomic E-state index is 14.3. The first-order valence-electron chi connectivity index (χ1n) is 8.52. The van der Waals surface area contributed by atoms with Crippen LogP contribution in [0.5, 0.6) is 0 Å². The number of carbonyl (C=O) groups excluding carboxylic acids is 3. The van der Waals surface area contributed by atoms with E-state index in [1.165, 1.54) is 11.0 Å². The van der Waals surface area contributed by atoms with Crippen molar-refractivity contribution >= 4 is 17.7 Å². The van der Waals surface area contributed by atoms with E-state index in [1.54, 1.807) is 6.07 Å². The second-order valence-electron chi connectivity index (χ2n) is 6.87. The van der Waals surface area contributed by atoms with Crippen LogP contribution in [0.25, 0.3) is 0 Å². The maximum Gasteiger partial charge on any atom is 0.258 e. The van der Waals surface area contributed by atoms with Crippen molar-refractivity contribution < 1.29 is 18.8 Å². The number of carbonyl (C=O) groups is 3. The van der Waals surface area contributed by atoms with Crippen molar-refractivity contribution in [2.24, 2.45) is 0 Å². The van der Waals surface area contributed by atoms with E-state index in [1.807, 2.05) is 0 Å². The van der Waals surface area contributed by atoms with Crippen LogP contribution < -0.4 is 5.32 Å². The zero-order valence-corrected chi connectivity index (χ0v) is 13.3. The molecule has 6 heteroatoms. The molecule has 2 aliphatic heterocycles. The molecule has 1 atom stereocenters. The molecule has 1 unspecified atom stereocenters. The van der Waals surface area contributed by atoms with Crippen LogP contribution in [0.3, 0.4) is 0 Å². The lowest BCUT2D eigenvalue weighted by Gasteiger charge is -2.29. The molecule has 0 aromatic heterocycles. The molecular formula is C18H19FN2O3. The number of halogens is 1. The van der Waals surface area contributed by atoms with Crippen LogP contribution >= 0.6 is 0 Å². The van der Waals surface area contributed by atoms with Crippen LogP contribution in [0.1, 0.15) is 65.9 Å². The Hall–Kier alpha value is -2.24. The minimum atomic E-state index is -0.696. The number of imide groups is 1. The van der Waals surface area contributed by atoms with Crippen molar-refractivity contribution in [1.29, 1.82) is 0 Å². The van der Waals surface area contributed by atoms with Crippen LogP contribution in [0.2, 0.25) is 0 Å². The van der Waals surface area contributed by atoms with Crippen LogP contribution in [0.15, 0.2) is 12.1 Å². The highest BCUT2D eigenvalue weighted by Crippen LogP contribution is 2.40. The lowest BCUT2D eigenvalue weighted by molar-refractivity contribution is -0.136. The minimum Gasteiger partial charge on any atom is -0.322 e. The van der Waals surface area contributed by atoms with Crippen LogP contribution in [0.4, 0.5) is 4.39 Å². The third-order valence-corrected chi connectivity index (χ3v) is 5.48. The number of amides is 3. The predicted molar refractivity (Wildman–Crippen MR) is 83.7 cm³/mol. The Morgan fingerprint density at radius 1 is 1.08 bits per heavy atom. The van der Waals surface area contributed by atoms with Gasteiger partial charge in [-0.2, -0.15) is 0 Å². The zero-order chi connectivity index (χ0) is 16.8. The van der Waals surface area contributed by atoms with Gasteiger partial charge in [0.15, 0.2) is 0 Å². The Kier molecular flexibility index (Phi) is 3.62. The fraction of sp³-hybridized carbons (Fsp3) is 0.500. The molecular weight excluding hydrogens is 311 g/mol. The Morgan fingerprint density at radius 3 is 2.54 bits per heavy atom. The zero-order valence-electron chi connectivity index (χ0n) is 13.3. The average molecular weight is 330 g/mol. The van der Waals surface area contributed by atoms with Gasteiger partial charge in [0, 0.05) is 13.0 Å². The van der Waals surface area contributed by atoms with Gasteiger partial charge in [0.2, 0.25) is 11.8 Å². The third-order valence-electron chi connectivity index (χ3n) is 5.48. The number of hydrogen-bond donors (Lipinski definition) is 1. The molecule has 0 spiro atoms. The van der Waals surface area contributed by atoms with E-state index in [0.29, 0.717) is 12.3 Å². The number of benzene rings is 1. The number of hydrogen-bond acceptors (Lipinski definition) is 3. The number of nitrogens with one attached hydrogen (secondary N) is 1. The van der Waals surface area contributed by atoms with Crippen LogP contribution in [-0.2, 0) is 16.1 Å². The van der Waals surface area contributed by atoms with Gasteiger partial charge in [0.1, 0.15) is 11.9 Å².